The Hall–Kier alpha value is -2.90. The molecule has 3 atom stereocenters. The number of carbonyl (C=O) groups is 2. The molecule has 0 aromatic rings. The molecule has 2 aliphatic carbocycles. The number of esters is 2. The van der Waals surface area contributed by atoms with Crippen LogP contribution in [0, 0.1) is 11.8 Å². The first-order chi connectivity index (χ1) is 10.4. The summed E-state index contributed by atoms with van der Waals surface area (Å²) in [7, 11) is 0. The standard InChI is InChI=1S/C14H10O8/c15-5-1-3-7-8-4(14(20)22-11(7)9(5)17)2-6(16)10(18)12(8)21-13(3)19/h1,4,7,11,15-18H,2H2. The van der Waals surface area contributed by atoms with Crippen LogP contribution in [0.2, 0.25) is 0 Å². The summed E-state index contributed by atoms with van der Waals surface area (Å²) in [4.78, 5) is 24.1. The summed E-state index contributed by atoms with van der Waals surface area (Å²) in [6.07, 6.45) is -0.392. The van der Waals surface area contributed by atoms with Gasteiger partial charge < -0.3 is 29.9 Å². The highest BCUT2D eigenvalue weighted by Crippen LogP contribution is 2.51. The van der Waals surface area contributed by atoms with E-state index in [-0.39, 0.29) is 23.3 Å². The highest BCUT2D eigenvalue weighted by molar-refractivity contribution is 5.95. The molecule has 4 aliphatic rings. The predicted molar refractivity (Wildman–Crippen MR) is 67.2 cm³/mol. The Morgan fingerprint density at radius 3 is 2.59 bits per heavy atom. The maximum Gasteiger partial charge on any atom is 0.340 e. The van der Waals surface area contributed by atoms with Crippen molar-refractivity contribution in [3.05, 3.63) is 46.0 Å². The highest BCUT2D eigenvalue weighted by atomic mass is 16.6. The van der Waals surface area contributed by atoms with Gasteiger partial charge in [-0.15, -0.1) is 0 Å². The molecule has 0 aromatic carbocycles. The lowest BCUT2D eigenvalue weighted by atomic mass is 9.70. The van der Waals surface area contributed by atoms with Gasteiger partial charge in [0.1, 0.15) is 5.76 Å². The van der Waals surface area contributed by atoms with Gasteiger partial charge in [0.05, 0.1) is 17.4 Å². The number of aliphatic hydroxyl groups is 4. The van der Waals surface area contributed by atoms with Crippen molar-refractivity contribution in [1.82, 2.24) is 0 Å². The molecule has 0 amide bonds. The van der Waals surface area contributed by atoms with Crippen molar-refractivity contribution in [2.45, 2.75) is 12.5 Å². The van der Waals surface area contributed by atoms with Gasteiger partial charge >= 0.3 is 11.9 Å². The topological polar surface area (TPSA) is 134 Å². The van der Waals surface area contributed by atoms with Crippen LogP contribution < -0.4 is 0 Å². The van der Waals surface area contributed by atoms with Crippen molar-refractivity contribution < 1.29 is 39.5 Å². The second-order valence-electron chi connectivity index (χ2n) is 5.43. The van der Waals surface area contributed by atoms with Crippen LogP contribution in [-0.4, -0.2) is 38.5 Å². The Labute approximate surface area is 122 Å². The molecule has 0 aromatic heterocycles. The summed E-state index contributed by atoms with van der Waals surface area (Å²) in [6.45, 7) is 0. The van der Waals surface area contributed by atoms with E-state index in [0.29, 0.717) is 0 Å². The van der Waals surface area contributed by atoms with Crippen LogP contribution in [0.15, 0.2) is 46.0 Å². The third-order valence-electron chi connectivity index (χ3n) is 4.28. The molecule has 8 nitrogen and oxygen atoms in total. The van der Waals surface area contributed by atoms with Gasteiger partial charge in [-0.25, -0.2) is 4.79 Å². The molecule has 1 fully saturated rings. The number of hydrogen-bond acceptors (Lipinski definition) is 8. The average molecular weight is 306 g/mol. The van der Waals surface area contributed by atoms with Gasteiger partial charge in [-0.05, 0) is 6.08 Å². The fourth-order valence-electron chi connectivity index (χ4n) is 3.28. The minimum atomic E-state index is -1.25. The van der Waals surface area contributed by atoms with E-state index in [1.165, 1.54) is 0 Å². The van der Waals surface area contributed by atoms with Crippen molar-refractivity contribution in [2.75, 3.05) is 0 Å². The van der Waals surface area contributed by atoms with Gasteiger partial charge in [-0.3, -0.25) is 4.79 Å². The fourth-order valence-corrected chi connectivity index (χ4v) is 3.28. The normalized spacial score (nSPS) is 33.3. The number of hydrogen-bond donors (Lipinski definition) is 4. The molecule has 0 bridgehead atoms. The molecule has 1 saturated heterocycles. The van der Waals surface area contributed by atoms with Crippen LogP contribution in [0.1, 0.15) is 6.42 Å². The quantitative estimate of drug-likeness (QED) is 0.486. The van der Waals surface area contributed by atoms with Gasteiger partial charge in [-0.1, -0.05) is 0 Å². The second kappa shape index (κ2) is 3.85. The van der Waals surface area contributed by atoms with E-state index in [1.54, 1.807) is 0 Å². The zero-order valence-electron chi connectivity index (χ0n) is 10.9. The van der Waals surface area contributed by atoms with E-state index in [0.717, 1.165) is 6.08 Å². The van der Waals surface area contributed by atoms with Crippen LogP contribution in [0.5, 0.6) is 0 Å². The van der Waals surface area contributed by atoms with E-state index in [1.807, 2.05) is 0 Å². The molecule has 8 heteroatoms. The number of aliphatic hydroxyl groups excluding tert-OH is 4. The van der Waals surface area contributed by atoms with Gasteiger partial charge in [0.25, 0.3) is 0 Å². The third kappa shape index (κ3) is 1.36. The first kappa shape index (κ1) is 12.8. The molecule has 0 spiro atoms. The SMILES string of the molecule is O=C1OC2=C3C(CC(O)=C2O)C(=O)OC2C(O)=C(O)C=C1C32. The van der Waals surface area contributed by atoms with Crippen LogP contribution in [0.3, 0.4) is 0 Å². The monoisotopic (exact) mass is 306 g/mol. The Bertz CT molecular complexity index is 766. The maximum atomic E-state index is 12.1. The first-order valence-corrected chi connectivity index (χ1v) is 6.52. The van der Waals surface area contributed by atoms with Gasteiger partial charge in [0, 0.05) is 12.0 Å². The van der Waals surface area contributed by atoms with Crippen LogP contribution in [0.25, 0.3) is 0 Å². The molecule has 0 saturated carbocycles. The molecule has 3 unspecified atom stereocenters. The number of ether oxygens (including phenoxy) is 2. The Balaban J connectivity index is 2.00. The van der Waals surface area contributed by atoms with Gasteiger partial charge in [0.2, 0.25) is 0 Å². The van der Waals surface area contributed by atoms with E-state index in [4.69, 9.17) is 9.47 Å². The zero-order chi connectivity index (χ0) is 15.8. The van der Waals surface area contributed by atoms with E-state index < -0.39 is 52.9 Å². The van der Waals surface area contributed by atoms with Crippen molar-refractivity contribution in [1.29, 1.82) is 0 Å². The molecule has 22 heavy (non-hydrogen) atoms. The summed E-state index contributed by atoms with van der Waals surface area (Å²) in [6, 6.07) is 0. The molecule has 114 valence electrons. The molecule has 2 heterocycles. The Morgan fingerprint density at radius 1 is 1.14 bits per heavy atom. The van der Waals surface area contributed by atoms with Crippen LogP contribution in [0.4, 0.5) is 0 Å². The largest absolute Gasteiger partial charge is 0.508 e. The minimum Gasteiger partial charge on any atom is -0.508 e. The lowest BCUT2D eigenvalue weighted by Gasteiger charge is -2.43. The van der Waals surface area contributed by atoms with E-state index in [9.17, 15) is 30.0 Å². The number of allylic oxidation sites excluding steroid dienone is 2. The Morgan fingerprint density at radius 2 is 1.86 bits per heavy atom. The first-order valence-electron chi connectivity index (χ1n) is 6.52. The van der Waals surface area contributed by atoms with Crippen LogP contribution in [-0.2, 0) is 19.1 Å². The number of rotatable bonds is 0. The third-order valence-corrected chi connectivity index (χ3v) is 4.28. The average Bonchev–Trinajstić information content (AvgIpc) is 2.47. The van der Waals surface area contributed by atoms with Crippen molar-refractivity contribution in [2.24, 2.45) is 11.8 Å². The van der Waals surface area contributed by atoms with Crippen LogP contribution >= 0.6 is 0 Å². The molecule has 4 N–H and O–H groups in total. The number of carbonyl (C=O) groups excluding carboxylic acids is 2. The zero-order valence-corrected chi connectivity index (χ0v) is 10.9. The molecule has 0 radical (unpaired) electrons. The fraction of sp³-hybridized carbons (Fsp3) is 0.286. The van der Waals surface area contributed by atoms with Crippen molar-refractivity contribution in [3.63, 3.8) is 0 Å². The summed E-state index contributed by atoms with van der Waals surface area (Å²) in [5.74, 6) is -5.89. The summed E-state index contributed by atoms with van der Waals surface area (Å²) < 4.78 is 10.1. The molecule has 4 rings (SSSR count). The molecule has 2 aliphatic heterocycles. The molecular weight excluding hydrogens is 296 g/mol. The molecular formula is C14H10O8. The maximum absolute atomic E-state index is 12.1. The van der Waals surface area contributed by atoms with Gasteiger partial charge in [-0.2, -0.15) is 0 Å². The van der Waals surface area contributed by atoms with Crippen molar-refractivity contribution in [3.8, 4) is 0 Å². The predicted octanol–water partition coefficient (Wildman–Crippen LogP) is 0.954. The lowest BCUT2D eigenvalue weighted by Crippen LogP contribution is -2.49. The highest BCUT2D eigenvalue weighted by Gasteiger charge is 2.55. The second-order valence-corrected chi connectivity index (χ2v) is 5.43. The van der Waals surface area contributed by atoms with Crippen molar-refractivity contribution >= 4 is 11.9 Å². The lowest BCUT2D eigenvalue weighted by molar-refractivity contribution is -0.162. The summed E-state index contributed by atoms with van der Waals surface area (Å²) in [5, 5.41) is 39.2. The van der Waals surface area contributed by atoms with E-state index in [2.05, 4.69) is 0 Å². The summed E-state index contributed by atoms with van der Waals surface area (Å²) >= 11 is 0. The minimum absolute atomic E-state index is 0.0192. The van der Waals surface area contributed by atoms with Gasteiger partial charge in [0.15, 0.2) is 29.1 Å². The van der Waals surface area contributed by atoms with E-state index >= 15 is 0 Å². The smallest absolute Gasteiger partial charge is 0.340 e. The summed E-state index contributed by atoms with van der Waals surface area (Å²) in [5.41, 5.74) is 0.284. The Kier molecular flexibility index (Phi) is 2.24.